The Kier molecular flexibility index (Phi) is 4.99. The van der Waals surface area contributed by atoms with Gasteiger partial charge in [0.2, 0.25) is 5.91 Å². The van der Waals surface area contributed by atoms with Crippen molar-refractivity contribution in [2.45, 2.75) is 39.2 Å². The zero-order valence-corrected chi connectivity index (χ0v) is 12.6. The first-order valence-corrected chi connectivity index (χ1v) is 7.57. The first-order chi connectivity index (χ1) is 9.61. The largest absolute Gasteiger partial charge is 0.336 e. The lowest BCUT2D eigenvalue weighted by molar-refractivity contribution is -0.129. The predicted molar refractivity (Wildman–Crippen MR) is 83.3 cm³/mol. The number of amides is 1. The fourth-order valence-corrected chi connectivity index (χ4v) is 3.20. The second-order valence-electron chi connectivity index (χ2n) is 6.07. The summed E-state index contributed by atoms with van der Waals surface area (Å²) in [5.41, 5.74) is 1.22. The molecule has 1 amide bonds. The van der Waals surface area contributed by atoms with E-state index in [1.54, 1.807) is 0 Å². The van der Waals surface area contributed by atoms with E-state index in [1.165, 1.54) is 5.56 Å². The summed E-state index contributed by atoms with van der Waals surface area (Å²) >= 11 is 0. The average Bonchev–Trinajstić information content (AvgIpc) is 2.80. The fourth-order valence-electron chi connectivity index (χ4n) is 3.20. The van der Waals surface area contributed by atoms with E-state index in [9.17, 15) is 4.79 Å². The first kappa shape index (κ1) is 14.8. The highest BCUT2D eigenvalue weighted by atomic mass is 16.2. The van der Waals surface area contributed by atoms with Gasteiger partial charge in [-0.3, -0.25) is 4.79 Å². The van der Waals surface area contributed by atoms with Gasteiger partial charge in [-0.25, -0.2) is 0 Å². The highest BCUT2D eigenvalue weighted by molar-refractivity contribution is 5.79. The molecule has 1 heterocycles. The van der Waals surface area contributed by atoms with Crippen molar-refractivity contribution in [2.75, 3.05) is 6.54 Å². The second-order valence-corrected chi connectivity index (χ2v) is 6.07. The molecule has 2 heteroatoms. The summed E-state index contributed by atoms with van der Waals surface area (Å²) in [5, 5.41) is 0. The summed E-state index contributed by atoms with van der Waals surface area (Å²) in [6.45, 7) is 9.07. The summed E-state index contributed by atoms with van der Waals surface area (Å²) in [4.78, 5) is 14.3. The number of nitrogens with zero attached hydrogens (tertiary/aromatic N) is 1. The maximum absolute atomic E-state index is 12.2. The summed E-state index contributed by atoms with van der Waals surface area (Å²) in [6.07, 6.45) is 4.85. The minimum absolute atomic E-state index is 0.184. The van der Waals surface area contributed by atoms with Crippen LogP contribution in [0.4, 0.5) is 0 Å². The van der Waals surface area contributed by atoms with Crippen LogP contribution in [-0.2, 0) is 4.79 Å². The number of likely N-dealkylation sites (tertiary alicyclic amines) is 1. The van der Waals surface area contributed by atoms with Crippen molar-refractivity contribution < 1.29 is 4.79 Å². The highest BCUT2D eigenvalue weighted by Gasteiger charge is 2.33. The zero-order valence-electron chi connectivity index (χ0n) is 12.6. The van der Waals surface area contributed by atoms with Gasteiger partial charge in [0.15, 0.2) is 0 Å². The third-order valence-corrected chi connectivity index (χ3v) is 4.29. The van der Waals surface area contributed by atoms with E-state index in [0.29, 0.717) is 24.2 Å². The molecule has 0 bridgehead atoms. The lowest BCUT2D eigenvalue weighted by Gasteiger charge is -2.25. The molecule has 20 heavy (non-hydrogen) atoms. The van der Waals surface area contributed by atoms with Gasteiger partial charge < -0.3 is 4.90 Å². The molecule has 1 unspecified atom stereocenters. The number of rotatable bonds is 6. The van der Waals surface area contributed by atoms with Crippen molar-refractivity contribution in [1.29, 1.82) is 0 Å². The molecule has 1 aliphatic rings. The van der Waals surface area contributed by atoms with Gasteiger partial charge in [-0.1, -0.05) is 43.3 Å². The molecule has 108 valence electrons. The van der Waals surface area contributed by atoms with E-state index in [4.69, 9.17) is 0 Å². The Morgan fingerprint density at radius 2 is 2.05 bits per heavy atom. The number of hydrogen-bond acceptors (Lipinski definition) is 1. The maximum Gasteiger partial charge on any atom is 0.223 e. The number of carbonyl (C=O) groups is 1. The summed E-state index contributed by atoms with van der Waals surface area (Å²) in [7, 11) is 0. The second kappa shape index (κ2) is 6.74. The van der Waals surface area contributed by atoms with Gasteiger partial charge in [0.25, 0.3) is 0 Å². The normalized spacial score (nSPS) is 21.8. The molecule has 2 nitrogen and oxygen atoms in total. The van der Waals surface area contributed by atoms with Crippen LogP contribution in [0.2, 0.25) is 0 Å². The molecule has 1 fully saturated rings. The minimum atomic E-state index is 0.184. The fraction of sp³-hybridized carbons (Fsp3) is 0.500. The van der Waals surface area contributed by atoms with Crippen LogP contribution in [0.1, 0.15) is 44.7 Å². The van der Waals surface area contributed by atoms with Gasteiger partial charge in [-0.2, -0.15) is 0 Å². The smallest absolute Gasteiger partial charge is 0.223 e. The highest BCUT2D eigenvalue weighted by Crippen LogP contribution is 2.31. The van der Waals surface area contributed by atoms with Gasteiger partial charge in [-0.15, -0.1) is 6.58 Å². The molecule has 1 aromatic rings. The zero-order chi connectivity index (χ0) is 14.5. The van der Waals surface area contributed by atoms with Crippen LogP contribution in [0.3, 0.4) is 0 Å². The molecular weight excluding hydrogens is 246 g/mol. The summed E-state index contributed by atoms with van der Waals surface area (Å²) < 4.78 is 0. The quantitative estimate of drug-likeness (QED) is 0.710. The van der Waals surface area contributed by atoms with Gasteiger partial charge in [-0.05, 0) is 37.2 Å². The molecule has 2 rings (SSSR count). The van der Waals surface area contributed by atoms with Crippen LogP contribution in [0, 0.1) is 11.8 Å². The SMILES string of the molecule is C=CCC(C)C[C@H]1CC(=O)N([C@@H](C)c2ccccc2)C1. The minimum Gasteiger partial charge on any atom is -0.336 e. The standard InChI is InChI=1S/C18H25NO/c1-4-8-14(2)11-16-12-18(20)19(13-16)15(3)17-9-6-5-7-10-17/h4-7,9-10,14-16H,1,8,11-13H2,2-3H3/t14?,15-,16-/m0/s1. The van der Waals surface area contributed by atoms with Crippen molar-refractivity contribution in [2.24, 2.45) is 11.8 Å². The molecular formula is C18H25NO. The molecule has 1 aromatic carbocycles. The van der Waals surface area contributed by atoms with Crippen LogP contribution in [0.25, 0.3) is 0 Å². The first-order valence-electron chi connectivity index (χ1n) is 7.57. The number of carbonyl (C=O) groups excluding carboxylic acids is 1. The van der Waals surface area contributed by atoms with E-state index in [1.807, 2.05) is 29.2 Å². The number of hydrogen-bond donors (Lipinski definition) is 0. The Hall–Kier alpha value is -1.57. The van der Waals surface area contributed by atoms with Crippen LogP contribution in [0.5, 0.6) is 0 Å². The van der Waals surface area contributed by atoms with Gasteiger partial charge in [0, 0.05) is 13.0 Å². The average molecular weight is 271 g/mol. The lowest BCUT2D eigenvalue weighted by atomic mass is 9.93. The monoisotopic (exact) mass is 271 g/mol. The third-order valence-electron chi connectivity index (χ3n) is 4.29. The van der Waals surface area contributed by atoms with E-state index in [0.717, 1.165) is 19.4 Å². The molecule has 0 aliphatic carbocycles. The molecule has 3 atom stereocenters. The Morgan fingerprint density at radius 3 is 2.70 bits per heavy atom. The summed E-state index contributed by atoms with van der Waals surface area (Å²) in [5.74, 6) is 1.43. The van der Waals surface area contributed by atoms with Crippen molar-refractivity contribution in [1.82, 2.24) is 4.90 Å². The van der Waals surface area contributed by atoms with Crippen LogP contribution < -0.4 is 0 Å². The molecule has 0 saturated carbocycles. The van der Waals surface area contributed by atoms with Gasteiger partial charge >= 0.3 is 0 Å². The topological polar surface area (TPSA) is 20.3 Å². The number of allylic oxidation sites excluding steroid dienone is 1. The van der Waals surface area contributed by atoms with Gasteiger partial charge in [0.1, 0.15) is 0 Å². The Bertz CT molecular complexity index is 454. The van der Waals surface area contributed by atoms with Crippen LogP contribution in [0.15, 0.2) is 43.0 Å². The van der Waals surface area contributed by atoms with Gasteiger partial charge in [0.05, 0.1) is 6.04 Å². The van der Waals surface area contributed by atoms with E-state index in [-0.39, 0.29) is 6.04 Å². The molecule has 0 spiro atoms. The van der Waals surface area contributed by atoms with Crippen molar-refractivity contribution in [3.63, 3.8) is 0 Å². The molecule has 0 aromatic heterocycles. The van der Waals surface area contributed by atoms with E-state index < -0.39 is 0 Å². The third kappa shape index (κ3) is 3.50. The Labute approximate surface area is 122 Å². The number of benzene rings is 1. The Balaban J connectivity index is 1.97. The molecule has 1 saturated heterocycles. The van der Waals surface area contributed by atoms with Crippen molar-refractivity contribution in [3.05, 3.63) is 48.6 Å². The Morgan fingerprint density at radius 1 is 1.35 bits per heavy atom. The maximum atomic E-state index is 12.2. The summed E-state index contributed by atoms with van der Waals surface area (Å²) in [6, 6.07) is 10.5. The molecule has 1 aliphatic heterocycles. The van der Waals surface area contributed by atoms with E-state index in [2.05, 4.69) is 32.6 Å². The molecule has 0 N–H and O–H groups in total. The van der Waals surface area contributed by atoms with Crippen LogP contribution in [-0.4, -0.2) is 17.4 Å². The van der Waals surface area contributed by atoms with Crippen molar-refractivity contribution >= 4 is 5.91 Å². The predicted octanol–water partition coefficient (Wildman–Crippen LogP) is 4.20. The van der Waals surface area contributed by atoms with E-state index >= 15 is 0 Å². The van der Waals surface area contributed by atoms with Crippen molar-refractivity contribution in [3.8, 4) is 0 Å². The lowest BCUT2D eigenvalue weighted by Crippen LogP contribution is -2.28. The molecule has 0 radical (unpaired) electrons. The van der Waals surface area contributed by atoms with Crippen LogP contribution >= 0.6 is 0 Å².